The zero-order chi connectivity index (χ0) is 31.9. The van der Waals surface area contributed by atoms with Crippen LogP contribution >= 0.6 is 39.1 Å². The smallest absolute Gasteiger partial charge is 0.264 e. The van der Waals surface area contributed by atoms with Gasteiger partial charge in [0.2, 0.25) is 11.8 Å². The molecule has 232 valence electrons. The molecule has 0 aliphatic rings. The largest absolute Gasteiger partial charge is 0.496 e. The summed E-state index contributed by atoms with van der Waals surface area (Å²) in [5, 5.41) is 3.61. The van der Waals surface area contributed by atoms with Crippen LogP contribution in [0.3, 0.4) is 0 Å². The zero-order valence-corrected chi connectivity index (χ0v) is 28.6. The highest BCUT2D eigenvalue weighted by Crippen LogP contribution is 2.31. The summed E-state index contributed by atoms with van der Waals surface area (Å²) < 4.78 is 35.0. The van der Waals surface area contributed by atoms with Crippen molar-refractivity contribution < 1.29 is 22.7 Å². The van der Waals surface area contributed by atoms with E-state index in [1.165, 1.54) is 30.2 Å². The first kappa shape index (κ1) is 34.7. The van der Waals surface area contributed by atoms with Gasteiger partial charge < -0.3 is 15.0 Å². The lowest BCUT2D eigenvalue weighted by Crippen LogP contribution is -2.53. The average molecular weight is 714 g/mol. The van der Waals surface area contributed by atoms with E-state index in [1.807, 2.05) is 20.8 Å². The van der Waals surface area contributed by atoms with E-state index in [9.17, 15) is 18.0 Å². The summed E-state index contributed by atoms with van der Waals surface area (Å²) in [5.41, 5.74) is 1.87. The molecule has 0 heterocycles. The van der Waals surface area contributed by atoms with Crippen LogP contribution in [0.15, 0.2) is 70.0 Å². The molecule has 43 heavy (non-hydrogen) atoms. The molecule has 12 heteroatoms. The summed E-state index contributed by atoms with van der Waals surface area (Å²) in [6, 6.07) is 15.2. The number of nitrogens with one attached hydrogen (secondary N) is 1. The lowest BCUT2D eigenvalue weighted by Gasteiger charge is -2.34. The van der Waals surface area contributed by atoms with Gasteiger partial charge in [-0.2, -0.15) is 0 Å². The van der Waals surface area contributed by atoms with Crippen LogP contribution < -0.4 is 14.4 Å². The molecule has 2 atom stereocenters. The molecular weight excluding hydrogens is 677 g/mol. The Morgan fingerprint density at radius 1 is 0.977 bits per heavy atom. The lowest BCUT2D eigenvalue weighted by molar-refractivity contribution is -0.140. The Kier molecular flexibility index (Phi) is 12.3. The van der Waals surface area contributed by atoms with Gasteiger partial charge in [-0.05, 0) is 90.6 Å². The van der Waals surface area contributed by atoms with Crippen molar-refractivity contribution in [2.45, 2.75) is 64.1 Å². The molecule has 1 N–H and O–H groups in total. The number of aryl methyl sites for hydroxylation is 1. The maximum atomic E-state index is 14.2. The third-order valence-electron chi connectivity index (χ3n) is 7.04. The van der Waals surface area contributed by atoms with Crippen molar-refractivity contribution in [3.8, 4) is 5.75 Å². The second kappa shape index (κ2) is 15.3. The summed E-state index contributed by atoms with van der Waals surface area (Å²) in [6.07, 6.45) is 1.01. The normalized spacial score (nSPS) is 12.7. The number of rotatable bonds is 13. The van der Waals surface area contributed by atoms with Crippen molar-refractivity contribution in [1.29, 1.82) is 0 Å². The fourth-order valence-corrected chi connectivity index (χ4v) is 6.82. The van der Waals surface area contributed by atoms with Crippen LogP contribution in [0.4, 0.5) is 5.69 Å². The average Bonchev–Trinajstić information content (AvgIpc) is 2.97. The minimum atomic E-state index is -4.24. The molecule has 8 nitrogen and oxygen atoms in total. The third kappa shape index (κ3) is 8.65. The second-order valence-corrected chi connectivity index (χ2v) is 13.7. The number of sulfonamides is 1. The molecule has 2 amide bonds. The Hall–Kier alpha value is -2.79. The fraction of sp³-hybridized carbons (Fsp3) is 0.355. The highest BCUT2D eigenvalue weighted by Gasteiger charge is 2.34. The van der Waals surface area contributed by atoms with Crippen LogP contribution in [0, 0.1) is 6.92 Å². The SMILES string of the molecule is CC[C@@H](C)NC(=O)[C@H](CC)N(Cc1ccc(Cl)c(Cl)c1)C(=O)CN(c1ccc(C)cc1)S(=O)(=O)c1ccc(OC)c(Br)c1. The summed E-state index contributed by atoms with van der Waals surface area (Å²) in [7, 11) is -2.76. The van der Waals surface area contributed by atoms with Crippen molar-refractivity contribution in [2.24, 2.45) is 0 Å². The van der Waals surface area contributed by atoms with Gasteiger partial charge in [-0.25, -0.2) is 8.42 Å². The molecule has 0 aromatic heterocycles. The number of carbonyl (C=O) groups excluding carboxylic acids is 2. The number of benzene rings is 3. The van der Waals surface area contributed by atoms with Crippen LogP contribution in [-0.4, -0.2) is 50.9 Å². The first-order valence-electron chi connectivity index (χ1n) is 13.8. The second-order valence-electron chi connectivity index (χ2n) is 10.2. The van der Waals surface area contributed by atoms with Crippen molar-refractivity contribution in [3.05, 3.63) is 86.3 Å². The van der Waals surface area contributed by atoms with Gasteiger partial charge in [0, 0.05) is 12.6 Å². The molecule has 0 spiro atoms. The van der Waals surface area contributed by atoms with Crippen molar-refractivity contribution in [2.75, 3.05) is 18.0 Å². The lowest BCUT2D eigenvalue weighted by atomic mass is 10.1. The molecule has 0 radical (unpaired) electrons. The summed E-state index contributed by atoms with van der Waals surface area (Å²) in [5.74, 6) is -0.425. The summed E-state index contributed by atoms with van der Waals surface area (Å²) >= 11 is 15.7. The van der Waals surface area contributed by atoms with Crippen LogP contribution in [0.2, 0.25) is 10.0 Å². The van der Waals surface area contributed by atoms with E-state index in [1.54, 1.807) is 49.4 Å². The van der Waals surface area contributed by atoms with Gasteiger partial charge in [0.15, 0.2) is 0 Å². The molecule has 0 fully saturated rings. The van der Waals surface area contributed by atoms with E-state index in [-0.39, 0.29) is 23.4 Å². The highest BCUT2D eigenvalue weighted by molar-refractivity contribution is 9.10. The molecule has 3 aromatic rings. The minimum Gasteiger partial charge on any atom is -0.496 e. The molecule has 0 unspecified atom stereocenters. The van der Waals surface area contributed by atoms with Crippen LogP contribution in [0.1, 0.15) is 44.7 Å². The van der Waals surface area contributed by atoms with Gasteiger partial charge in [-0.15, -0.1) is 0 Å². The first-order chi connectivity index (χ1) is 20.3. The monoisotopic (exact) mass is 711 g/mol. The zero-order valence-electron chi connectivity index (χ0n) is 24.7. The molecule has 3 aromatic carbocycles. The number of carbonyl (C=O) groups is 2. The van der Waals surface area contributed by atoms with Crippen LogP contribution in [0.25, 0.3) is 0 Å². The predicted molar refractivity (Wildman–Crippen MR) is 175 cm³/mol. The maximum absolute atomic E-state index is 14.2. The molecule has 3 rings (SSSR count). The quantitative estimate of drug-likeness (QED) is 0.206. The number of nitrogens with zero attached hydrogens (tertiary/aromatic N) is 2. The van der Waals surface area contributed by atoms with Crippen molar-refractivity contribution in [3.63, 3.8) is 0 Å². The van der Waals surface area contributed by atoms with E-state index < -0.39 is 28.5 Å². The Morgan fingerprint density at radius 3 is 2.21 bits per heavy atom. The molecule has 0 saturated heterocycles. The van der Waals surface area contributed by atoms with E-state index in [4.69, 9.17) is 27.9 Å². The number of anilines is 1. The van der Waals surface area contributed by atoms with Crippen LogP contribution in [-0.2, 0) is 26.2 Å². The van der Waals surface area contributed by atoms with E-state index >= 15 is 0 Å². The van der Waals surface area contributed by atoms with E-state index in [0.717, 1.165) is 9.87 Å². The predicted octanol–water partition coefficient (Wildman–Crippen LogP) is 6.99. The fourth-order valence-electron chi connectivity index (χ4n) is 4.37. The number of halogens is 3. The summed E-state index contributed by atoms with van der Waals surface area (Å²) in [4.78, 5) is 29.0. The molecule has 0 aliphatic heterocycles. The van der Waals surface area contributed by atoms with Gasteiger partial charge in [0.05, 0.1) is 32.2 Å². The number of hydrogen-bond donors (Lipinski definition) is 1. The number of hydrogen-bond acceptors (Lipinski definition) is 5. The maximum Gasteiger partial charge on any atom is 0.264 e. The Bertz CT molecular complexity index is 1550. The van der Waals surface area contributed by atoms with Crippen LogP contribution in [0.5, 0.6) is 5.75 Å². The molecular formula is C31H36BrCl2N3O5S. The Balaban J connectivity index is 2.09. The third-order valence-corrected chi connectivity index (χ3v) is 10.2. The van der Waals surface area contributed by atoms with E-state index in [0.29, 0.717) is 44.4 Å². The number of methoxy groups -OCH3 is 1. The van der Waals surface area contributed by atoms with Gasteiger partial charge in [0.1, 0.15) is 18.3 Å². The van der Waals surface area contributed by atoms with Crippen molar-refractivity contribution in [1.82, 2.24) is 10.2 Å². The summed E-state index contributed by atoms with van der Waals surface area (Å²) in [6.45, 7) is 6.98. The van der Waals surface area contributed by atoms with Crippen molar-refractivity contribution >= 4 is 66.7 Å². The minimum absolute atomic E-state index is 0.0119. The number of amides is 2. The van der Waals surface area contributed by atoms with Gasteiger partial charge in [0.25, 0.3) is 10.0 Å². The molecule has 0 bridgehead atoms. The highest BCUT2D eigenvalue weighted by atomic mass is 79.9. The van der Waals surface area contributed by atoms with Gasteiger partial charge in [-0.3, -0.25) is 13.9 Å². The molecule has 0 saturated carbocycles. The molecule has 0 aliphatic carbocycles. The van der Waals surface area contributed by atoms with Gasteiger partial charge in [-0.1, -0.05) is 60.8 Å². The standard InChI is InChI=1S/C31H36BrCl2N3O5S/c1-6-21(4)35-31(39)28(7-2)36(18-22-10-14-26(33)27(34)16-22)30(38)19-37(23-11-8-20(3)9-12-23)43(40,41)24-13-15-29(42-5)25(32)17-24/h8-17,21,28H,6-7,18-19H2,1-5H3,(H,35,39)/t21-,28+/m1/s1. The Labute approximate surface area is 272 Å². The Morgan fingerprint density at radius 2 is 1.65 bits per heavy atom. The van der Waals surface area contributed by atoms with Gasteiger partial charge >= 0.3 is 0 Å². The topological polar surface area (TPSA) is 96.0 Å². The van der Waals surface area contributed by atoms with E-state index in [2.05, 4.69) is 21.2 Å². The number of ether oxygens (including phenoxy) is 1. The first-order valence-corrected chi connectivity index (χ1v) is 16.8.